The molecule has 0 unspecified atom stereocenters. The van der Waals surface area contributed by atoms with Crippen molar-refractivity contribution in [2.75, 3.05) is 40.1 Å². The molecule has 1 saturated heterocycles. The van der Waals surface area contributed by atoms with E-state index in [0.29, 0.717) is 48.8 Å². The molecule has 2 aliphatic rings. The first-order chi connectivity index (χ1) is 19.0. The molecule has 39 heavy (non-hydrogen) atoms. The highest BCUT2D eigenvalue weighted by Gasteiger charge is 2.29. The van der Waals surface area contributed by atoms with Gasteiger partial charge in [-0.3, -0.25) is 9.59 Å². The molecule has 8 nitrogen and oxygen atoms in total. The maximum absolute atomic E-state index is 13.8. The number of fused-ring (bicyclic) bond motifs is 1. The SMILES string of the molecule is COc1cccc(-n2c(-c3ccccc3)cc(C(=O)N3CCN(C(=O)c4ccc5c(c4)OCO5)CC3)c2C)c1. The van der Waals surface area contributed by atoms with Gasteiger partial charge < -0.3 is 28.6 Å². The summed E-state index contributed by atoms with van der Waals surface area (Å²) in [7, 11) is 1.64. The van der Waals surface area contributed by atoms with Crippen LogP contribution in [0.4, 0.5) is 0 Å². The van der Waals surface area contributed by atoms with E-state index >= 15 is 0 Å². The van der Waals surface area contributed by atoms with Crippen LogP contribution < -0.4 is 14.2 Å². The molecular weight excluding hydrogens is 494 g/mol. The Balaban J connectivity index is 1.24. The lowest BCUT2D eigenvalue weighted by molar-refractivity contribution is 0.0535. The Kier molecular flexibility index (Phi) is 6.44. The van der Waals surface area contributed by atoms with Crippen molar-refractivity contribution in [1.82, 2.24) is 14.4 Å². The molecular formula is C31H29N3O5. The van der Waals surface area contributed by atoms with Crippen LogP contribution in [-0.4, -0.2) is 66.3 Å². The van der Waals surface area contributed by atoms with Crippen molar-refractivity contribution in [3.8, 4) is 34.2 Å². The minimum Gasteiger partial charge on any atom is -0.497 e. The number of amides is 2. The fourth-order valence-electron chi connectivity index (χ4n) is 5.22. The lowest BCUT2D eigenvalue weighted by Gasteiger charge is -2.35. The first kappa shape index (κ1) is 24.6. The van der Waals surface area contributed by atoms with Gasteiger partial charge in [0.2, 0.25) is 6.79 Å². The van der Waals surface area contributed by atoms with Crippen molar-refractivity contribution in [1.29, 1.82) is 0 Å². The number of hydrogen-bond acceptors (Lipinski definition) is 5. The molecule has 3 aromatic carbocycles. The van der Waals surface area contributed by atoms with E-state index in [0.717, 1.165) is 28.4 Å². The zero-order valence-electron chi connectivity index (χ0n) is 21.9. The normalized spacial score (nSPS) is 14.4. The number of carbonyl (C=O) groups excluding carboxylic acids is 2. The summed E-state index contributed by atoms with van der Waals surface area (Å²) < 4.78 is 18.3. The number of ether oxygens (including phenoxy) is 3. The summed E-state index contributed by atoms with van der Waals surface area (Å²) in [4.78, 5) is 30.5. The minimum atomic E-state index is -0.0767. The monoisotopic (exact) mass is 523 g/mol. The number of nitrogens with zero attached hydrogens (tertiary/aromatic N) is 3. The third-order valence-electron chi connectivity index (χ3n) is 7.33. The van der Waals surface area contributed by atoms with Crippen molar-refractivity contribution < 1.29 is 23.8 Å². The van der Waals surface area contributed by atoms with Gasteiger partial charge in [-0.1, -0.05) is 36.4 Å². The van der Waals surface area contributed by atoms with Gasteiger partial charge in [0.1, 0.15) is 5.75 Å². The number of benzene rings is 3. The van der Waals surface area contributed by atoms with E-state index in [4.69, 9.17) is 14.2 Å². The average Bonchev–Trinajstić information content (AvgIpc) is 3.61. The van der Waals surface area contributed by atoms with Gasteiger partial charge in [-0.25, -0.2) is 0 Å². The first-order valence-corrected chi connectivity index (χ1v) is 12.9. The van der Waals surface area contributed by atoms with E-state index in [1.54, 1.807) is 30.2 Å². The molecule has 0 N–H and O–H groups in total. The number of hydrogen-bond donors (Lipinski definition) is 0. The minimum absolute atomic E-state index is 0.0403. The summed E-state index contributed by atoms with van der Waals surface area (Å²) in [6, 6.07) is 25.1. The molecule has 3 heterocycles. The Morgan fingerprint density at radius 2 is 1.49 bits per heavy atom. The van der Waals surface area contributed by atoms with Crippen LogP contribution in [0.25, 0.3) is 16.9 Å². The van der Waals surface area contributed by atoms with Crippen molar-refractivity contribution in [3.63, 3.8) is 0 Å². The molecule has 0 spiro atoms. The van der Waals surface area contributed by atoms with Crippen LogP contribution in [0.15, 0.2) is 78.9 Å². The maximum Gasteiger partial charge on any atom is 0.255 e. The van der Waals surface area contributed by atoms with Crippen molar-refractivity contribution >= 4 is 11.8 Å². The van der Waals surface area contributed by atoms with Crippen LogP contribution >= 0.6 is 0 Å². The van der Waals surface area contributed by atoms with Crippen LogP contribution in [-0.2, 0) is 0 Å². The molecule has 6 rings (SSSR count). The second-order valence-corrected chi connectivity index (χ2v) is 9.58. The zero-order valence-corrected chi connectivity index (χ0v) is 21.9. The van der Waals surface area contributed by atoms with E-state index in [2.05, 4.69) is 4.57 Å². The van der Waals surface area contributed by atoms with E-state index in [-0.39, 0.29) is 18.6 Å². The van der Waals surface area contributed by atoms with Crippen molar-refractivity contribution in [3.05, 3.63) is 95.7 Å². The molecule has 0 bridgehead atoms. The van der Waals surface area contributed by atoms with Crippen LogP contribution in [0.5, 0.6) is 17.2 Å². The molecule has 2 aliphatic heterocycles. The predicted octanol–water partition coefficient (Wildman–Crippen LogP) is 4.79. The maximum atomic E-state index is 13.8. The molecule has 0 atom stereocenters. The zero-order chi connectivity index (χ0) is 26.9. The number of aromatic nitrogens is 1. The van der Waals surface area contributed by atoms with Crippen LogP contribution in [0.1, 0.15) is 26.4 Å². The summed E-state index contributed by atoms with van der Waals surface area (Å²) in [6.45, 7) is 3.97. The van der Waals surface area contributed by atoms with Gasteiger partial charge in [0.25, 0.3) is 11.8 Å². The Bertz CT molecular complexity index is 1540. The first-order valence-electron chi connectivity index (χ1n) is 12.9. The standard InChI is InChI=1S/C31H29N3O5/c1-21-26(19-27(22-7-4-3-5-8-22)34(21)24-9-6-10-25(18-24)37-2)31(36)33-15-13-32(14-16-33)30(35)23-11-12-28-29(17-23)39-20-38-28/h3-12,17-19H,13-16,20H2,1-2H3. The summed E-state index contributed by atoms with van der Waals surface area (Å²) in [6.07, 6.45) is 0. The molecule has 4 aromatic rings. The van der Waals surface area contributed by atoms with E-state index in [1.165, 1.54) is 0 Å². The average molecular weight is 524 g/mol. The summed E-state index contributed by atoms with van der Waals surface area (Å²) >= 11 is 0. The third kappa shape index (κ3) is 4.58. The quantitative estimate of drug-likeness (QED) is 0.376. The smallest absolute Gasteiger partial charge is 0.255 e. The highest BCUT2D eigenvalue weighted by atomic mass is 16.7. The van der Waals surface area contributed by atoms with Gasteiger partial charge in [0.15, 0.2) is 11.5 Å². The van der Waals surface area contributed by atoms with Gasteiger partial charge in [-0.2, -0.15) is 0 Å². The Hall–Kier alpha value is -4.72. The van der Waals surface area contributed by atoms with Crippen LogP contribution in [0.2, 0.25) is 0 Å². The lowest BCUT2D eigenvalue weighted by Crippen LogP contribution is -2.50. The molecule has 8 heteroatoms. The van der Waals surface area contributed by atoms with Gasteiger partial charge in [-0.05, 0) is 48.9 Å². The molecule has 2 amide bonds. The second-order valence-electron chi connectivity index (χ2n) is 9.58. The van der Waals surface area contributed by atoms with Gasteiger partial charge in [0, 0.05) is 49.2 Å². The largest absolute Gasteiger partial charge is 0.497 e. The highest BCUT2D eigenvalue weighted by Crippen LogP contribution is 2.34. The predicted molar refractivity (Wildman–Crippen MR) is 147 cm³/mol. The summed E-state index contributed by atoms with van der Waals surface area (Å²) in [5.74, 6) is 1.86. The number of carbonyl (C=O) groups is 2. The molecule has 1 aromatic heterocycles. The fraction of sp³-hybridized carbons (Fsp3) is 0.226. The van der Waals surface area contributed by atoms with Gasteiger partial charge in [0.05, 0.1) is 18.4 Å². The molecule has 1 fully saturated rings. The second kappa shape index (κ2) is 10.2. The van der Waals surface area contributed by atoms with Crippen molar-refractivity contribution in [2.45, 2.75) is 6.92 Å². The molecule has 198 valence electrons. The summed E-state index contributed by atoms with van der Waals surface area (Å²) in [5.41, 5.74) is 4.92. The lowest BCUT2D eigenvalue weighted by atomic mass is 10.1. The number of piperazine rings is 1. The molecule has 0 aliphatic carbocycles. The van der Waals surface area contributed by atoms with E-state index in [1.807, 2.05) is 72.5 Å². The number of methoxy groups -OCH3 is 1. The van der Waals surface area contributed by atoms with Crippen LogP contribution in [0.3, 0.4) is 0 Å². The Labute approximate surface area is 226 Å². The number of rotatable bonds is 5. The molecule has 0 radical (unpaired) electrons. The van der Waals surface area contributed by atoms with Crippen LogP contribution in [0, 0.1) is 6.92 Å². The highest BCUT2D eigenvalue weighted by molar-refractivity contribution is 5.98. The topological polar surface area (TPSA) is 73.2 Å². The Morgan fingerprint density at radius 1 is 0.769 bits per heavy atom. The van der Waals surface area contributed by atoms with Crippen molar-refractivity contribution in [2.24, 2.45) is 0 Å². The van der Waals surface area contributed by atoms with E-state index < -0.39 is 0 Å². The Morgan fingerprint density at radius 3 is 2.23 bits per heavy atom. The fourth-order valence-corrected chi connectivity index (χ4v) is 5.22. The van der Waals surface area contributed by atoms with Gasteiger partial charge >= 0.3 is 0 Å². The molecule has 0 saturated carbocycles. The summed E-state index contributed by atoms with van der Waals surface area (Å²) in [5, 5.41) is 0. The third-order valence-corrected chi connectivity index (χ3v) is 7.33. The van der Waals surface area contributed by atoms with Gasteiger partial charge in [-0.15, -0.1) is 0 Å². The van der Waals surface area contributed by atoms with E-state index in [9.17, 15) is 9.59 Å².